The van der Waals surface area contributed by atoms with E-state index in [0.717, 1.165) is 11.1 Å². The van der Waals surface area contributed by atoms with Crippen molar-refractivity contribution in [2.75, 3.05) is 23.9 Å². The van der Waals surface area contributed by atoms with Gasteiger partial charge in [-0.3, -0.25) is 13.9 Å². The van der Waals surface area contributed by atoms with Gasteiger partial charge in [0, 0.05) is 30.6 Å². The van der Waals surface area contributed by atoms with Gasteiger partial charge >= 0.3 is 6.18 Å². The van der Waals surface area contributed by atoms with Gasteiger partial charge in [-0.05, 0) is 36.1 Å². The Morgan fingerprint density at radius 3 is 2.34 bits per heavy atom. The van der Waals surface area contributed by atoms with Gasteiger partial charge < -0.3 is 16.2 Å². The largest absolute Gasteiger partial charge is 0.511 e. The van der Waals surface area contributed by atoms with Crippen LogP contribution in [0.3, 0.4) is 0 Å². The highest BCUT2D eigenvalue weighted by atomic mass is 32.3. The van der Waals surface area contributed by atoms with Crippen LogP contribution in [0.5, 0.6) is 0 Å². The lowest BCUT2D eigenvalue weighted by molar-refractivity contribution is -0.182. The maximum Gasteiger partial charge on any atom is 0.401 e. The first kappa shape index (κ1) is 26.5. The Kier molecular flexibility index (Phi) is 7.77. The lowest BCUT2D eigenvalue weighted by atomic mass is 10.0. The zero-order valence-corrected chi connectivity index (χ0v) is 19.7. The fraction of sp³-hybridized carbons (Fsp3) is 0.348. The van der Waals surface area contributed by atoms with E-state index in [1.165, 1.54) is 6.26 Å². The minimum absolute atomic E-state index is 0.113. The van der Waals surface area contributed by atoms with Gasteiger partial charge in [0.2, 0.25) is 0 Å². The SMILES string of the molecule is CS(O)(O)CCNc1ccc(-c2ccc(CC(=O)N=C(N)/C=C(\O)C3(C(F)(F)F)CC3)cc2)cn1. The molecule has 190 valence electrons. The molecule has 1 heterocycles. The van der Waals surface area contributed by atoms with Crippen LogP contribution in [0.1, 0.15) is 18.4 Å². The third kappa shape index (κ3) is 7.20. The van der Waals surface area contributed by atoms with Gasteiger partial charge in [-0.25, -0.2) is 4.98 Å². The number of nitrogens with zero attached hydrogens (tertiary/aromatic N) is 2. The topological polar surface area (TPSA) is 141 Å². The molecule has 0 saturated heterocycles. The van der Waals surface area contributed by atoms with Gasteiger partial charge in [0.15, 0.2) is 0 Å². The highest BCUT2D eigenvalue weighted by molar-refractivity contribution is 8.23. The van der Waals surface area contributed by atoms with E-state index in [1.807, 2.05) is 6.07 Å². The zero-order chi connectivity index (χ0) is 25.9. The molecule has 0 aliphatic heterocycles. The molecule has 0 spiro atoms. The average molecular weight is 513 g/mol. The number of aliphatic hydroxyl groups excluding tert-OH is 1. The number of rotatable bonds is 9. The molecule has 0 atom stereocenters. The van der Waals surface area contributed by atoms with Crippen molar-refractivity contribution in [3.63, 3.8) is 0 Å². The van der Waals surface area contributed by atoms with Gasteiger partial charge in [0.25, 0.3) is 5.91 Å². The molecule has 35 heavy (non-hydrogen) atoms. The number of benzene rings is 1. The van der Waals surface area contributed by atoms with Crippen LogP contribution in [0.15, 0.2) is 59.4 Å². The first-order chi connectivity index (χ1) is 16.3. The summed E-state index contributed by atoms with van der Waals surface area (Å²) in [7, 11) is -2.56. The summed E-state index contributed by atoms with van der Waals surface area (Å²) in [5, 5.41) is 12.8. The van der Waals surface area contributed by atoms with E-state index in [4.69, 9.17) is 5.73 Å². The minimum atomic E-state index is -4.59. The fourth-order valence-electron chi connectivity index (χ4n) is 3.34. The number of pyridine rings is 1. The smallest absolute Gasteiger partial charge is 0.401 e. The third-order valence-electron chi connectivity index (χ3n) is 5.52. The number of carbonyl (C=O) groups is 1. The Morgan fingerprint density at radius 2 is 1.83 bits per heavy atom. The van der Waals surface area contributed by atoms with Crippen molar-refractivity contribution >= 4 is 28.2 Å². The number of anilines is 1. The van der Waals surface area contributed by atoms with E-state index in [2.05, 4.69) is 15.3 Å². The first-order valence-corrected chi connectivity index (χ1v) is 12.8. The summed E-state index contributed by atoms with van der Waals surface area (Å²) in [6, 6.07) is 10.6. The highest BCUT2D eigenvalue weighted by Gasteiger charge is 2.66. The van der Waals surface area contributed by atoms with Crippen molar-refractivity contribution in [3.05, 3.63) is 60.0 Å². The minimum Gasteiger partial charge on any atom is -0.511 e. The Hall–Kier alpha value is -3.09. The van der Waals surface area contributed by atoms with E-state index in [0.29, 0.717) is 24.0 Å². The normalized spacial score (nSPS) is 16.6. The molecule has 6 N–H and O–H groups in total. The van der Waals surface area contributed by atoms with E-state index >= 15 is 0 Å². The Morgan fingerprint density at radius 1 is 1.20 bits per heavy atom. The predicted octanol–water partition coefficient (Wildman–Crippen LogP) is 4.75. The van der Waals surface area contributed by atoms with Gasteiger partial charge in [0.1, 0.15) is 22.8 Å². The Bertz CT molecular complexity index is 1110. The lowest BCUT2D eigenvalue weighted by Gasteiger charge is -2.26. The lowest BCUT2D eigenvalue weighted by Crippen LogP contribution is -2.27. The Balaban J connectivity index is 1.57. The van der Waals surface area contributed by atoms with Crippen molar-refractivity contribution < 1.29 is 32.2 Å². The van der Waals surface area contributed by atoms with Crippen LogP contribution < -0.4 is 11.1 Å². The summed E-state index contributed by atoms with van der Waals surface area (Å²) < 4.78 is 57.9. The number of nitrogens with one attached hydrogen (secondary N) is 1. The van der Waals surface area contributed by atoms with E-state index < -0.39 is 39.7 Å². The summed E-state index contributed by atoms with van der Waals surface area (Å²) in [5.41, 5.74) is 5.57. The van der Waals surface area contributed by atoms with E-state index in [9.17, 15) is 32.2 Å². The van der Waals surface area contributed by atoms with Crippen LogP contribution >= 0.6 is 10.6 Å². The summed E-state index contributed by atoms with van der Waals surface area (Å²) in [6.45, 7) is 0.375. The van der Waals surface area contributed by atoms with E-state index in [-0.39, 0.29) is 25.0 Å². The molecule has 1 aliphatic carbocycles. The molecule has 0 bridgehead atoms. The summed E-state index contributed by atoms with van der Waals surface area (Å²) >= 11 is 0. The number of alkyl halides is 3. The predicted molar refractivity (Wildman–Crippen MR) is 131 cm³/mol. The molecule has 12 heteroatoms. The number of allylic oxidation sites excluding steroid dienone is 1. The van der Waals surface area contributed by atoms with Gasteiger partial charge in [-0.15, -0.1) is 0 Å². The molecule has 3 rings (SSSR count). The number of nitrogens with two attached hydrogens (primary N) is 1. The second kappa shape index (κ2) is 10.3. The average Bonchev–Trinajstić information content (AvgIpc) is 3.56. The molecule has 2 aromatic rings. The van der Waals surface area contributed by atoms with Crippen LogP contribution in [-0.4, -0.2) is 55.7 Å². The quantitative estimate of drug-likeness (QED) is 0.185. The van der Waals surface area contributed by atoms with Crippen molar-refractivity contribution in [1.82, 2.24) is 4.98 Å². The number of aliphatic imine (C=N–C) groups is 1. The van der Waals surface area contributed by atoms with Crippen molar-refractivity contribution in [2.45, 2.75) is 25.4 Å². The second-order valence-corrected chi connectivity index (χ2v) is 10.9. The Labute approximate surface area is 202 Å². The molecule has 8 nitrogen and oxygen atoms in total. The molecule has 1 fully saturated rings. The number of halogens is 3. The summed E-state index contributed by atoms with van der Waals surface area (Å²) in [6.07, 6.45) is -1.42. The number of aromatic nitrogens is 1. The number of aliphatic hydroxyl groups is 1. The molecule has 0 radical (unpaired) electrons. The van der Waals surface area contributed by atoms with Crippen LogP contribution in [0.25, 0.3) is 11.1 Å². The van der Waals surface area contributed by atoms with Gasteiger partial charge in [-0.2, -0.15) is 28.8 Å². The van der Waals surface area contributed by atoms with Gasteiger partial charge in [-0.1, -0.05) is 24.3 Å². The molecule has 1 aromatic carbocycles. The maximum atomic E-state index is 13.0. The number of amides is 1. The first-order valence-electron chi connectivity index (χ1n) is 10.6. The molecular formula is C23H27F3N4O4S. The molecule has 1 aliphatic rings. The van der Waals surface area contributed by atoms with Gasteiger partial charge in [0.05, 0.1) is 12.2 Å². The molecule has 0 unspecified atom stereocenters. The number of amidine groups is 1. The number of carbonyl (C=O) groups excluding carboxylic acids is 1. The fourth-order valence-corrected chi connectivity index (χ4v) is 3.82. The van der Waals surface area contributed by atoms with Crippen LogP contribution in [-0.2, 0) is 11.2 Å². The van der Waals surface area contributed by atoms with Crippen molar-refractivity contribution in [1.29, 1.82) is 0 Å². The maximum absolute atomic E-state index is 13.0. The van der Waals surface area contributed by atoms with Crippen molar-refractivity contribution in [3.8, 4) is 11.1 Å². The van der Waals surface area contributed by atoms with Crippen LogP contribution in [0.2, 0.25) is 0 Å². The summed E-state index contributed by atoms with van der Waals surface area (Å²) in [5.74, 6) is -1.25. The molecule has 1 saturated carbocycles. The zero-order valence-electron chi connectivity index (χ0n) is 18.9. The second-order valence-electron chi connectivity index (χ2n) is 8.47. The number of hydrogen-bond acceptors (Lipinski definition) is 6. The van der Waals surface area contributed by atoms with E-state index in [1.54, 1.807) is 36.5 Å². The third-order valence-corrected chi connectivity index (χ3v) is 6.50. The van der Waals surface area contributed by atoms with Crippen LogP contribution in [0, 0.1) is 5.41 Å². The monoisotopic (exact) mass is 512 g/mol. The van der Waals surface area contributed by atoms with Crippen molar-refractivity contribution in [2.24, 2.45) is 16.1 Å². The standard InChI is InChI=1S/C23H27F3N4O4S/c1-35(33,34)11-10-28-20-7-6-17(14-29-20)16-4-2-15(3-5-16)12-21(32)30-19(27)13-18(31)22(8-9-22)23(24,25)26/h2-7,13-14,31,33-34H,8-12H2,1H3,(H,28,29)(H2,27,30,32)/b18-13-. The molecule has 1 aromatic heterocycles. The number of hydrogen-bond donors (Lipinski definition) is 5. The van der Waals surface area contributed by atoms with Crippen LogP contribution in [0.4, 0.5) is 19.0 Å². The molecular weight excluding hydrogens is 485 g/mol. The molecule has 1 amide bonds. The highest BCUT2D eigenvalue weighted by Crippen LogP contribution is 2.61. The summed E-state index contributed by atoms with van der Waals surface area (Å²) in [4.78, 5) is 20.0.